The highest BCUT2D eigenvalue weighted by Crippen LogP contribution is 2.54. The van der Waals surface area contributed by atoms with Crippen LogP contribution in [0.3, 0.4) is 0 Å². The van der Waals surface area contributed by atoms with Gasteiger partial charge in [-0.25, -0.2) is 28.9 Å². The molecule has 0 saturated carbocycles. The minimum absolute atomic E-state index is 0.0576. The second-order valence-electron chi connectivity index (χ2n) is 13.8. The Labute approximate surface area is 350 Å². The largest absolute Gasteiger partial charge is 0.472 e. The molecule has 0 amide bonds. The number of aromatic nitrogens is 7. The fourth-order valence-corrected chi connectivity index (χ4v) is 9.26. The first-order valence-electron chi connectivity index (χ1n) is 19.5. The molecule has 7 rings (SSSR count). The number of phosphoric acid groups is 1. The average Bonchev–Trinajstić information content (AvgIpc) is 3.96. The summed E-state index contributed by atoms with van der Waals surface area (Å²) in [6, 6.07) is 0. The number of fused-ring (bicyclic) bond motifs is 5. The molecule has 0 spiro atoms. The molecule has 4 aromatic rings. The first-order valence-corrected chi connectivity index (χ1v) is 23.6. The molecule has 2 bridgehead atoms. The number of nitrogens with zero attached hydrogens (tertiary/aromatic N) is 9. The number of anilines is 1. The summed E-state index contributed by atoms with van der Waals surface area (Å²) in [6.07, 6.45) is -7.74. The van der Waals surface area contributed by atoms with Crippen molar-refractivity contribution in [2.45, 2.75) is 90.6 Å². The number of hydrogen-bond acceptors (Lipinski definition) is 18. The maximum atomic E-state index is 14.9. The molecule has 3 saturated heterocycles. The van der Waals surface area contributed by atoms with E-state index in [-0.39, 0.29) is 22.6 Å². The highest BCUT2D eigenvalue weighted by molar-refractivity contribution is 8.07. The van der Waals surface area contributed by atoms with Crippen LogP contribution in [0.4, 0.5) is 10.2 Å². The van der Waals surface area contributed by atoms with Crippen LogP contribution in [-0.2, 0) is 51.0 Å². The minimum atomic E-state index is -5.12. The van der Waals surface area contributed by atoms with Gasteiger partial charge in [-0.15, -0.1) is 0 Å². The summed E-state index contributed by atoms with van der Waals surface area (Å²) in [4.78, 5) is 55.2. The van der Waals surface area contributed by atoms with Crippen molar-refractivity contribution in [1.29, 1.82) is 0 Å². The van der Waals surface area contributed by atoms with Crippen LogP contribution in [-0.4, -0.2) is 153 Å². The third kappa shape index (κ3) is 10.6. The van der Waals surface area contributed by atoms with Crippen molar-refractivity contribution in [3.05, 3.63) is 41.3 Å². The molecule has 26 heteroatoms. The van der Waals surface area contributed by atoms with E-state index in [0.717, 1.165) is 21.7 Å². The van der Waals surface area contributed by atoms with Crippen LogP contribution in [0.5, 0.6) is 0 Å². The van der Waals surface area contributed by atoms with Crippen LogP contribution in [0, 0.1) is 5.82 Å². The Morgan fingerprint density at radius 2 is 1.42 bits per heavy atom. The van der Waals surface area contributed by atoms with Gasteiger partial charge in [-0.1, -0.05) is 41.5 Å². The lowest BCUT2D eigenvalue weighted by atomic mass is 10.1. The summed E-state index contributed by atoms with van der Waals surface area (Å²) in [5.41, 5.74) is 5.31. The second-order valence-corrected chi connectivity index (χ2v) is 18.0. The zero-order valence-electron chi connectivity index (χ0n) is 34.4. The van der Waals surface area contributed by atoms with E-state index in [0.29, 0.717) is 0 Å². The van der Waals surface area contributed by atoms with Crippen LogP contribution < -0.4 is 11.3 Å². The summed E-state index contributed by atoms with van der Waals surface area (Å²) in [6.45, 7) is 14.6. The number of hydrogen-bond donors (Lipinski definition) is 5. The Bertz CT molecular complexity index is 2190. The molecule has 3 aliphatic heterocycles. The minimum Gasteiger partial charge on any atom is -0.387 e. The number of aliphatic hydroxyl groups excluding tert-OH is 2. The first-order chi connectivity index (χ1) is 28.4. The van der Waals surface area contributed by atoms with Gasteiger partial charge in [0, 0.05) is 13.2 Å². The Hall–Kier alpha value is -2.90. The smallest absolute Gasteiger partial charge is 0.387 e. The molecule has 10 atom stereocenters. The number of nitrogens with two attached hydrogens (primary N) is 1. The van der Waals surface area contributed by atoms with E-state index in [9.17, 15) is 33.7 Å². The number of aryl methyl sites for hydroxylation is 1. The summed E-state index contributed by atoms with van der Waals surface area (Å²) < 4.78 is 64.9. The van der Waals surface area contributed by atoms with Crippen molar-refractivity contribution >= 4 is 54.4 Å². The molecule has 2 unspecified atom stereocenters. The zero-order chi connectivity index (χ0) is 44.1. The number of ether oxygens (including phenoxy) is 2. The molecule has 60 heavy (non-hydrogen) atoms. The van der Waals surface area contributed by atoms with Gasteiger partial charge in [0.1, 0.15) is 53.9 Å². The van der Waals surface area contributed by atoms with E-state index in [1.165, 1.54) is 63.5 Å². The van der Waals surface area contributed by atoms with Gasteiger partial charge in [-0.3, -0.25) is 22.9 Å². The maximum Gasteiger partial charge on any atom is 0.472 e. The number of phosphoric ester groups is 1. The van der Waals surface area contributed by atoms with E-state index in [1.54, 1.807) is 0 Å². The van der Waals surface area contributed by atoms with E-state index < -0.39 is 93.6 Å². The Balaban J connectivity index is 0.000000420. The maximum absolute atomic E-state index is 14.9. The van der Waals surface area contributed by atoms with Crippen molar-refractivity contribution in [1.82, 2.24) is 43.4 Å². The lowest BCUT2D eigenvalue weighted by molar-refractivity contribution is -0.0647. The van der Waals surface area contributed by atoms with E-state index in [1.807, 2.05) is 0 Å². The fourth-order valence-electron chi connectivity index (χ4n) is 6.89. The first kappa shape index (κ1) is 48.1. The van der Waals surface area contributed by atoms with Crippen molar-refractivity contribution in [3.63, 3.8) is 0 Å². The van der Waals surface area contributed by atoms with Crippen molar-refractivity contribution in [2.24, 2.45) is 7.05 Å². The fraction of sp³-hybridized carbons (Fsp3) is 0.676. The van der Waals surface area contributed by atoms with Gasteiger partial charge in [0.15, 0.2) is 35.4 Å². The summed E-state index contributed by atoms with van der Waals surface area (Å²) in [5, 5.41) is 21.9. The number of halogens is 1. The van der Waals surface area contributed by atoms with Gasteiger partial charge in [-0.2, -0.15) is 0 Å². The SMILES string of the molecule is CCN(CC)CC.CCN(CC)CC.Cn1cnc2c(c(F)cn2[C@@H]2O[C@@H]3COP(O)(=S)O[C@H]4[C@@H](O)[C@H](n5cnc6c(N)ncnc65)O[C@@H]4COP(=O)(O)O[C@@H]2[C@@H]3O)c1=O. The summed E-state index contributed by atoms with van der Waals surface area (Å²) in [5.74, 6) is -0.920. The molecular weight excluding hydrogens is 853 g/mol. The number of aliphatic hydroxyl groups is 2. The highest BCUT2D eigenvalue weighted by Gasteiger charge is 2.53. The van der Waals surface area contributed by atoms with Gasteiger partial charge >= 0.3 is 14.5 Å². The molecule has 336 valence electrons. The van der Waals surface area contributed by atoms with Crippen LogP contribution in [0.25, 0.3) is 22.2 Å². The molecule has 22 nitrogen and oxygen atoms in total. The molecular formula is C34H55FN10O12P2S. The molecule has 0 aromatic carbocycles. The molecule has 6 N–H and O–H groups in total. The Morgan fingerprint density at radius 3 is 2.02 bits per heavy atom. The summed E-state index contributed by atoms with van der Waals surface area (Å²) in [7, 11) is -3.75. The number of rotatable bonds is 8. The molecule has 3 fully saturated rings. The predicted octanol–water partition coefficient (Wildman–Crippen LogP) is 1.64. The van der Waals surface area contributed by atoms with Gasteiger partial charge in [0.05, 0.1) is 25.9 Å². The lowest BCUT2D eigenvalue weighted by Crippen LogP contribution is -2.36. The monoisotopic (exact) mass is 908 g/mol. The zero-order valence-corrected chi connectivity index (χ0v) is 37.0. The number of nitrogen functional groups attached to an aromatic ring is 1. The van der Waals surface area contributed by atoms with E-state index >= 15 is 0 Å². The van der Waals surface area contributed by atoms with Crippen molar-refractivity contribution < 1.29 is 56.5 Å². The van der Waals surface area contributed by atoms with Crippen LogP contribution in [0.2, 0.25) is 0 Å². The van der Waals surface area contributed by atoms with Gasteiger partial charge in [0.25, 0.3) is 5.56 Å². The van der Waals surface area contributed by atoms with E-state index in [4.69, 9.17) is 45.1 Å². The Kier molecular flexibility index (Phi) is 16.5. The highest BCUT2D eigenvalue weighted by atomic mass is 32.5. The van der Waals surface area contributed by atoms with Crippen LogP contribution >= 0.6 is 14.5 Å². The molecule has 3 aliphatic rings. The van der Waals surface area contributed by atoms with Crippen molar-refractivity contribution in [2.75, 3.05) is 58.2 Å². The molecule has 0 aliphatic carbocycles. The van der Waals surface area contributed by atoms with Crippen LogP contribution in [0.1, 0.15) is 54.0 Å². The predicted molar refractivity (Wildman–Crippen MR) is 219 cm³/mol. The third-order valence-corrected chi connectivity index (χ3v) is 12.9. The van der Waals surface area contributed by atoms with Gasteiger partial charge < -0.3 is 58.7 Å². The van der Waals surface area contributed by atoms with Gasteiger partial charge in [0.2, 0.25) is 0 Å². The quantitative estimate of drug-likeness (QED) is 0.157. The normalized spacial score (nSPS) is 30.9. The lowest BCUT2D eigenvalue weighted by Gasteiger charge is -2.27. The third-order valence-electron chi connectivity index (χ3n) is 10.4. The van der Waals surface area contributed by atoms with Crippen LogP contribution in [0.15, 0.2) is 30.0 Å². The molecule has 4 aromatic heterocycles. The topological polar surface area (TPSA) is 269 Å². The number of imidazole rings is 1. The summed E-state index contributed by atoms with van der Waals surface area (Å²) >= 11 is 5.17. The van der Waals surface area contributed by atoms with Crippen molar-refractivity contribution in [3.8, 4) is 0 Å². The van der Waals surface area contributed by atoms with E-state index in [2.05, 4.69) is 71.3 Å². The second kappa shape index (κ2) is 20.5. The molecule has 7 heterocycles. The Morgan fingerprint density at radius 1 is 0.817 bits per heavy atom. The average molecular weight is 909 g/mol. The van der Waals surface area contributed by atoms with Gasteiger partial charge in [-0.05, 0) is 51.1 Å². The molecule has 0 radical (unpaired) electrons. The standard InChI is InChI=1S/C22H25FN8O12P2S.2C6H15N/c1-29-6-28-18-11(20(29)34)8(23)2-30(18)22-16-13(32)9(40-22)3-39-45(37,46)43-15-10(4-38-44(35,36)42-16)41-21(14(15)33)31-7-27-12-17(24)25-5-26-19(12)31;2*1-4-7(5-2)6-3/h2,5-7,9-10,13-16,21-22,32-33H,3-4H2,1H3,(H,35,36)(H,37,46)(H2,24,25,26);2*4-6H2,1-3H3/t9-,10-,13-,14-,15-,16-,21-,22-,45?;;/m1../s1.